The molecular formula is C14H20Fe2I2N4O2Zn2. The van der Waals surface area contributed by atoms with Crippen LogP contribution in [0.5, 0.6) is 0 Å². The molecule has 6 nitrogen and oxygen atoms in total. The number of hydrogen-bond donors (Lipinski definition) is 0. The average molecular weight is 773 g/mol. The molecule has 0 N–H and O–H groups in total. The fourth-order valence-electron chi connectivity index (χ4n) is 0.833. The van der Waals surface area contributed by atoms with Crippen LogP contribution in [0.4, 0.5) is 0 Å². The van der Waals surface area contributed by atoms with Crippen molar-refractivity contribution in [1.82, 2.24) is 0 Å². The van der Waals surface area contributed by atoms with Crippen LogP contribution in [0.3, 0.4) is 0 Å². The summed E-state index contributed by atoms with van der Waals surface area (Å²) in [5.74, 6) is 0. The summed E-state index contributed by atoms with van der Waals surface area (Å²) in [6, 6.07) is 0. The minimum absolute atomic E-state index is 0. The van der Waals surface area contributed by atoms with Crippen LogP contribution in [0.2, 0.25) is 0 Å². The Morgan fingerprint density at radius 1 is 0.615 bits per heavy atom. The summed E-state index contributed by atoms with van der Waals surface area (Å²) < 4.78 is 9.64. The Labute approximate surface area is 224 Å². The molecular weight excluding hydrogens is 752 g/mol. The summed E-state index contributed by atoms with van der Waals surface area (Å²) in [4.78, 5) is 0. The van der Waals surface area contributed by atoms with Gasteiger partial charge in [0.25, 0.3) is 0 Å². The second-order valence-corrected chi connectivity index (χ2v) is 2.36. The Bertz CT molecular complexity index is 173. The molecule has 0 bridgehead atoms. The molecule has 2 saturated heterocycles. The van der Waals surface area contributed by atoms with Gasteiger partial charge in [0.1, 0.15) is 0 Å². The molecule has 2 radical (unpaired) electrons. The van der Waals surface area contributed by atoms with E-state index in [1.165, 1.54) is 42.4 Å². The molecule has 2 aliphatic rings. The number of rotatable bonds is 0. The van der Waals surface area contributed by atoms with Crippen LogP contribution in [0.15, 0.2) is 0 Å². The maximum atomic E-state index is 6.25. The third-order valence-electron chi connectivity index (χ3n) is 1.40. The molecule has 142 valence electrons. The molecule has 0 aromatic carbocycles. The first-order chi connectivity index (χ1) is 11.0. The van der Waals surface area contributed by atoms with Gasteiger partial charge in [-0.25, -0.2) is 13.2 Å². The first-order valence-electron chi connectivity index (χ1n) is 5.29. The summed E-state index contributed by atoms with van der Waals surface area (Å²) in [5.41, 5.74) is 0. The van der Waals surface area contributed by atoms with Crippen LogP contribution < -0.4 is 0 Å². The summed E-state index contributed by atoms with van der Waals surface area (Å²) in [7, 11) is 0. The molecule has 2 rings (SSSR count). The van der Waals surface area contributed by atoms with Crippen LogP contribution in [-0.4, -0.2) is 13.2 Å². The van der Waals surface area contributed by atoms with Crippen molar-refractivity contribution in [1.29, 1.82) is 21.0 Å². The molecule has 2 fully saturated rings. The van der Waals surface area contributed by atoms with Gasteiger partial charge >= 0.3 is 103 Å². The summed E-state index contributed by atoms with van der Waals surface area (Å²) in [6.07, 6.45) is 4.75. The van der Waals surface area contributed by atoms with Gasteiger partial charge in [0, 0.05) is 13.2 Å². The van der Waals surface area contributed by atoms with E-state index in [0.717, 1.165) is 26.1 Å². The van der Waals surface area contributed by atoms with Crippen molar-refractivity contribution in [2.75, 3.05) is 13.2 Å². The number of ether oxygens (including phenoxy) is 2. The first kappa shape index (κ1) is 63.0. The van der Waals surface area contributed by atoms with Gasteiger partial charge in [-0.1, -0.05) is 12.8 Å². The van der Waals surface area contributed by atoms with Gasteiger partial charge in [0.05, 0.1) is 0 Å². The van der Waals surface area contributed by atoms with Crippen LogP contribution in [-0.2, 0) is 73.2 Å². The second kappa shape index (κ2) is 129. The summed E-state index contributed by atoms with van der Waals surface area (Å²) in [6.45, 7) is 24.6. The van der Waals surface area contributed by atoms with Crippen LogP contribution in [0.25, 0.3) is 0 Å². The van der Waals surface area contributed by atoms with E-state index in [1.54, 1.807) is 0 Å². The van der Waals surface area contributed by atoms with Crippen molar-refractivity contribution >= 4 is 39.5 Å². The Kier molecular flexibility index (Phi) is 314. The van der Waals surface area contributed by atoms with Gasteiger partial charge in [0.2, 0.25) is 0 Å². The van der Waals surface area contributed by atoms with Crippen LogP contribution in [0.1, 0.15) is 25.7 Å². The van der Waals surface area contributed by atoms with Gasteiger partial charge in [0.15, 0.2) is 0 Å². The summed E-state index contributed by atoms with van der Waals surface area (Å²) >= 11 is 7.24. The van der Waals surface area contributed by atoms with E-state index < -0.39 is 0 Å². The first-order valence-corrected chi connectivity index (χ1v) is 23.4. The predicted molar refractivity (Wildman–Crippen MR) is 99.7 cm³/mol. The molecule has 12 heteroatoms. The standard InChI is InChI=1S/2C4H7O.4CN.2CH3.2Fe.2HI.2Zn/c2*1-2-4-5-3-1;4*1-2;;;;;;;;/h2*3H,1-2,4H2;;;;;2*1H3;;;2*1H;;/q8*-1;2*+3;;;2*+2/p-2. The predicted octanol–water partition coefficient (Wildman–Crippen LogP) is 4.96. The Morgan fingerprint density at radius 3 is 0.846 bits per heavy atom. The van der Waals surface area contributed by atoms with E-state index in [2.05, 4.69) is 39.5 Å². The van der Waals surface area contributed by atoms with Crippen LogP contribution in [0, 0.1) is 75.4 Å². The van der Waals surface area contributed by atoms with Gasteiger partial charge in [-0.05, 0) is 0 Å². The minimum atomic E-state index is 0. The zero-order valence-electron chi connectivity index (χ0n) is 14.9. The molecule has 2 heterocycles. The summed E-state index contributed by atoms with van der Waals surface area (Å²) in [5, 5.41) is 25.0. The molecule has 0 aromatic rings. The van der Waals surface area contributed by atoms with E-state index in [-0.39, 0.29) is 49.0 Å². The van der Waals surface area contributed by atoms with Gasteiger partial charge < -0.3 is 71.7 Å². The monoisotopic (exact) mass is 770 g/mol. The molecule has 0 saturated carbocycles. The number of halogens is 2. The maximum absolute atomic E-state index is 6.25. The van der Waals surface area contributed by atoms with Gasteiger partial charge in [-0.2, -0.15) is 12.8 Å². The SMILES string of the molecule is [C-]#N.[C-]#N.[C-]#N.[C-]#N.[CH-]1CCCO1.[CH-]1CCCO1.[CH3-].[CH3-].[Fe+3].[Fe+3].[Zn+][I].[Zn+][I]. The van der Waals surface area contributed by atoms with Crippen molar-refractivity contribution < 1.29 is 73.2 Å². The molecule has 2 aliphatic heterocycles. The fourth-order valence-corrected chi connectivity index (χ4v) is 0.833. The molecule has 0 atom stereocenters. The quantitative estimate of drug-likeness (QED) is 0.196. The van der Waals surface area contributed by atoms with E-state index in [0.29, 0.717) is 0 Å². The third kappa shape index (κ3) is 115. The van der Waals surface area contributed by atoms with Crippen molar-refractivity contribution in [3.05, 3.63) is 54.4 Å². The molecule has 26 heavy (non-hydrogen) atoms. The second-order valence-electron chi connectivity index (χ2n) is 2.36. The third-order valence-corrected chi connectivity index (χ3v) is 1.40. The molecule has 0 amide bonds. The zero-order valence-corrected chi connectivity index (χ0v) is 27.3. The van der Waals surface area contributed by atoms with E-state index in [9.17, 15) is 0 Å². The van der Waals surface area contributed by atoms with Crippen LogP contribution >= 0.6 is 39.5 Å². The fraction of sp³-hybridized carbons (Fsp3) is 0.429. The van der Waals surface area contributed by atoms with Crippen molar-refractivity contribution in [2.45, 2.75) is 25.7 Å². The average Bonchev–Trinajstić information content (AvgIpc) is 3.43. The number of hydrogen-bond acceptors (Lipinski definition) is 6. The van der Waals surface area contributed by atoms with E-state index in [1.807, 2.05) is 13.2 Å². The van der Waals surface area contributed by atoms with E-state index in [4.69, 9.17) is 56.8 Å². The molecule has 0 aliphatic carbocycles. The topological polar surface area (TPSA) is 114 Å². The Hall–Kier alpha value is 1.63. The van der Waals surface area contributed by atoms with E-state index >= 15 is 0 Å². The molecule has 0 aromatic heterocycles. The van der Waals surface area contributed by atoms with Crippen molar-refractivity contribution in [2.24, 2.45) is 0 Å². The molecule has 0 spiro atoms. The normalized spacial score (nSPS) is 10.1. The zero-order chi connectivity index (χ0) is 19.1. The molecule has 0 unspecified atom stereocenters. The van der Waals surface area contributed by atoms with Crippen molar-refractivity contribution in [3.8, 4) is 0 Å². The Morgan fingerprint density at radius 2 is 0.808 bits per heavy atom. The van der Waals surface area contributed by atoms with Crippen molar-refractivity contribution in [3.63, 3.8) is 0 Å². The van der Waals surface area contributed by atoms with Gasteiger partial charge in [-0.15, -0.1) is 0 Å². The Balaban J connectivity index is -0.0000000145. The van der Waals surface area contributed by atoms with Gasteiger partial charge in [-0.3, -0.25) is 0 Å². The number of nitrogens with zero attached hydrogens (tertiary/aromatic N) is 4.